The first-order valence-electron chi connectivity index (χ1n) is 8.67. The number of methoxy groups -OCH3 is 1. The Kier molecular flexibility index (Phi) is 6.19. The van der Waals surface area contributed by atoms with Gasteiger partial charge >= 0.3 is 6.09 Å². The summed E-state index contributed by atoms with van der Waals surface area (Å²) in [6.45, 7) is 1.13. The van der Waals surface area contributed by atoms with Crippen LogP contribution in [0.4, 0.5) is 10.5 Å². The highest BCUT2D eigenvalue weighted by Crippen LogP contribution is 2.23. The van der Waals surface area contributed by atoms with Crippen LogP contribution in [-0.4, -0.2) is 36.8 Å². The van der Waals surface area contributed by atoms with Crippen LogP contribution in [0.25, 0.3) is 6.08 Å². The number of nitrogens with one attached hydrogen (secondary N) is 1. The standard InChI is InChI=1S/C21H22N2O3S/c1-26-21(25)23-12-11-16-6-7-18(13-17(16)14-23)22-20(24)10-5-15-3-8-19(27-2)9-4-15/h3-10,13H,11-12,14H2,1-2H3,(H,22,24)/b10-5+. The molecule has 140 valence electrons. The maximum Gasteiger partial charge on any atom is 0.409 e. The van der Waals surface area contributed by atoms with E-state index in [1.807, 2.05) is 48.7 Å². The summed E-state index contributed by atoms with van der Waals surface area (Å²) in [5, 5.41) is 2.88. The van der Waals surface area contributed by atoms with E-state index in [4.69, 9.17) is 4.74 Å². The predicted molar refractivity (Wildman–Crippen MR) is 109 cm³/mol. The topological polar surface area (TPSA) is 58.6 Å². The fourth-order valence-electron chi connectivity index (χ4n) is 2.99. The van der Waals surface area contributed by atoms with Gasteiger partial charge in [0.25, 0.3) is 0 Å². The fourth-order valence-corrected chi connectivity index (χ4v) is 3.40. The number of rotatable bonds is 4. The van der Waals surface area contributed by atoms with Crippen LogP contribution >= 0.6 is 11.8 Å². The van der Waals surface area contributed by atoms with Gasteiger partial charge in [-0.25, -0.2) is 4.79 Å². The number of hydrogen-bond donors (Lipinski definition) is 1. The second-order valence-corrected chi connectivity index (χ2v) is 7.10. The van der Waals surface area contributed by atoms with E-state index in [2.05, 4.69) is 5.32 Å². The van der Waals surface area contributed by atoms with Crippen molar-refractivity contribution in [3.63, 3.8) is 0 Å². The normalized spacial score (nSPS) is 13.3. The van der Waals surface area contributed by atoms with Crippen LogP contribution in [0.15, 0.2) is 53.4 Å². The van der Waals surface area contributed by atoms with Gasteiger partial charge in [-0.1, -0.05) is 18.2 Å². The van der Waals surface area contributed by atoms with Gasteiger partial charge in [-0.05, 0) is 59.7 Å². The number of carbonyl (C=O) groups is 2. The Morgan fingerprint density at radius 1 is 1.15 bits per heavy atom. The van der Waals surface area contributed by atoms with Gasteiger partial charge in [0.15, 0.2) is 0 Å². The zero-order valence-corrected chi connectivity index (χ0v) is 16.2. The highest BCUT2D eigenvalue weighted by atomic mass is 32.2. The number of benzene rings is 2. The van der Waals surface area contributed by atoms with Crippen molar-refractivity contribution in [2.75, 3.05) is 25.2 Å². The first-order valence-corrected chi connectivity index (χ1v) is 9.89. The van der Waals surface area contributed by atoms with Gasteiger partial charge < -0.3 is 15.0 Å². The van der Waals surface area contributed by atoms with Crippen LogP contribution in [0.2, 0.25) is 0 Å². The monoisotopic (exact) mass is 382 g/mol. The second-order valence-electron chi connectivity index (χ2n) is 6.22. The molecule has 0 aromatic heterocycles. The van der Waals surface area contributed by atoms with Crippen molar-refractivity contribution in [3.05, 3.63) is 65.2 Å². The minimum Gasteiger partial charge on any atom is -0.453 e. The first-order chi connectivity index (χ1) is 13.1. The largest absolute Gasteiger partial charge is 0.453 e. The maximum absolute atomic E-state index is 12.2. The van der Waals surface area contributed by atoms with Crippen molar-refractivity contribution in [2.24, 2.45) is 0 Å². The molecule has 1 heterocycles. The maximum atomic E-state index is 12.2. The van der Waals surface area contributed by atoms with Crippen molar-refractivity contribution in [3.8, 4) is 0 Å². The van der Waals surface area contributed by atoms with E-state index in [9.17, 15) is 9.59 Å². The number of thioether (sulfide) groups is 1. The van der Waals surface area contributed by atoms with Gasteiger partial charge in [-0.15, -0.1) is 11.8 Å². The van der Waals surface area contributed by atoms with E-state index >= 15 is 0 Å². The summed E-state index contributed by atoms with van der Waals surface area (Å²) in [6, 6.07) is 13.8. The summed E-state index contributed by atoms with van der Waals surface area (Å²) in [5.74, 6) is -0.190. The Labute approximate surface area is 163 Å². The van der Waals surface area contributed by atoms with E-state index < -0.39 is 0 Å². The lowest BCUT2D eigenvalue weighted by Gasteiger charge is -2.28. The molecule has 2 aromatic carbocycles. The van der Waals surface area contributed by atoms with Crippen molar-refractivity contribution in [1.82, 2.24) is 4.90 Å². The summed E-state index contributed by atoms with van der Waals surface area (Å²) in [7, 11) is 1.38. The molecule has 2 amide bonds. The third kappa shape index (κ3) is 4.92. The number of ether oxygens (including phenoxy) is 1. The van der Waals surface area contributed by atoms with Gasteiger partial charge in [0.05, 0.1) is 7.11 Å². The molecule has 0 saturated carbocycles. The fraction of sp³-hybridized carbons (Fsp3) is 0.238. The van der Waals surface area contributed by atoms with E-state index in [0.29, 0.717) is 18.8 Å². The Balaban J connectivity index is 1.64. The SMILES string of the molecule is COC(=O)N1CCc2ccc(NC(=O)/C=C/c3ccc(SC)cc3)cc2C1. The second kappa shape index (κ2) is 8.77. The van der Waals surface area contributed by atoms with Crippen molar-refractivity contribution in [2.45, 2.75) is 17.9 Å². The summed E-state index contributed by atoms with van der Waals surface area (Å²) < 4.78 is 4.79. The average Bonchev–Trinajstić information content (AvgIpc) is 2.71. The van der Waals surface area contributed by atoms with Gasteiger partial charge in [0.1, 0.15) is 0 Å². The Morgan fingerprint density at radius 2 is 1.93 bits per heavy atom. The molecule has 6 heteroatoms. The van der Waals surface area contributed by atoms with Crippen LogP contribution in [0.5, 0.6) is 0 Å². The van der Waals surface area contributed by atoms with E-state index in [1.54, 1.807) is 22.7 Å². The van der Waals surface area contributed by atoms with Crippen LogP contribution in [-0.2, 0) is 22.5 Å². The van der Waals surface area contributed by atoms with Crippen LogP contribution in [0.1, 0.15) is 16.7 Å². The Morgan fingerprint density at radius 3 is 2.63 bits per heavy atom. The lowest BCUT2D eigenvalue weighted by molar-refractivity contribution is -0.111. The number of hydrogen-bond acceptors (Lipinski definition) is 4. The smallest absolute Gasteiger partial charge is 0.409 e. The van der Waals surface area contributed by atoms with Gasteiger partial charge in [0, 0.05) is 29.7 Å². The average molecular weight is 382 g/mol. The van der Waals surface area contributed by atoms with Crippen LogP contribution < -0.4 is 5.32 Å². The molecule has 27 heavy (non-hydrogen) atoms. The predicted octanol–water partition coefficient (Wildman–Crippen LogP) is 4.18. The molecule has 0 saturated heterocycles. The zero-order chi connectivity index (χ0) is 19.2. The van der Waals surface area contributed by atoms with Gasteiger partial charge in [-0.2, -0.15) is 0 Å². The quantitative estimate of drug-likeness (QED) is 0.636. The molecule has 0 radical (unpaired) electrons. The number of anilines is 1. The Hall–Kier alpha value is -2.73. The van der Waals surface area contributed by atoms with E-state index in [0.717, 1.165) is 17.5 Å². The van der Waals surface area contributed by atoms with E-state index in [-0.39, 0.29) is 12.0 Å². The van der Waals surface area contributed by atoms with Crippen LogP contribution in [0.3, 0.4) is 0 Å². The van der Waals surface area contributed by atoms with Crippen molar-refractivity contribution in [1.29, 1.82) is 0 Å². The minimum atomic E-state index is -0.328. The highest BCUT2D eigenvalue weighted by molar-refractivity contribution is 7.98. The minimum absolute atomic E-state index is 0.190. The lowest BCUT2D eigenvalue weighted by atomic mass is 9.99. The molecule has 3 rings (SSSR count). The number of carbonyl (C=O) groups excluding carboxylic acids is 2. The molecule has 0 spiro atoms. The number of nitrogens with zero attached hydrogens (tertiary/aromatic N) is 1. The molecular weight excluding hydrogens is 360 g/mol. The van der Waals surface area contributed by atoms with Gasteiger partial charge in [-0.3, -0.25) is 4.79 Å². The summed E-state index contributed by atoms with van der Waals surface area (Å²) in [4.78, 5) is 26.8. The molecule has 0 aliphatic carbocycles. The molecule has 2 aromatic rings. The highest BCUT2D eigenvalue weighted by Gasteiger charge is 2.21. The Bertz CT molecular complexity index is 862. The van der Waals surface area contributed by atoms with Gasteiger partial charge in [0.2, 0.25) is 5.91 Å². The third-order valence-electron chi connectivity index (χ3n) is 4.46. The summed E-state index contributed by atoms with van der Waals surface area (Å²) in [6.07, 6.45) is 5.79. The molecule has 5 nitrogen and oxygen atoms in total. The molecule has 1 aliphatic heterocycles. The molecule has 0 atom stereocenters. The van der Waals surface area contributed by atoms with Crippen LogP contribution in [0, 0.1) is 0 Å². The zero-order valence-electron chi connectivity index (χ0n) is 15.4. The van der Waals surface area contributed by atoms with Crippen molar-refractivity contribution < 1.29 is 14.3 Å². The molecule has 1 aliphatic rings. The molecule has 0 bridgehead atoms. The molecule has 0 fully saturated rings. The molecule has 1 N–H and O–H groups in total. The lowest BCUT2D eigenvalue weighted by Crippen LogP contribution is -2.35. The first kappa shape index (κ1) is 19.0. The number of amides is 2. The molecule has 0 unspecified atom stereocenters. The molecular formula is C21H22N2O3S. The summed E-state index contributed by atoms with van der Waals surface area (Å²) in [5.41, 5.74) is 3.91. The number of fused-ring (bicyclic) bond motifs is 1. The third-order valence-corrected chi connectivity index (χ3v) is 5.21. The van der Waals surface area contributed by atoms with E-state index in [1.165, 1.54) is 23.6 Å². The van der Waals surface area contributed by atoms with Crippen molar-refractivity contribution >= 4 is 35.5 Å². The summed E-state index contributed by atoms with van der Waals surface area (Å²) >= 11 is 1.68.